The number of carboxylic acid groups (broad SMARTS) is 2. The van der Waals surface area contributed by atoms with Gasteiger partial charge in [-0.2, -0.15) is 4.98 Å². The fourth-order valence-corrected chi connectivity index (χ4v) is 3.10. The molecule has 0 bridgehead atoms. The van der Waals surface area contributed by atoms with Gasteiger partial charge in [-0.25, -0.2) is 4.79 Å². The standard InChI is InChI=1S/C19H23N7O6.ClH/c20-19-25-15-14(17(30)26-19)23-11(8-22-15)7-21-10-3-1-9(2-4-10)16(29)24-12(18(31)32)5-6-13(27)28;/h1-4,11-12,21,23H,5-8H2,(H,24,29)(H,27,28)(H,31,32)(H4,20,22,25,26,30);1H. The van der Waals surface area contributed by atoms with Gasteiger partial charge in [0, 0.05) is 30.8 Å². The van der Waals surface area contributed by atoms with Crippen LogP contribution in [0.2, 0.25) is 0 Å². The van der Waals surface area contributed by atoms with Crippen LogP contribution in [0.25, 0.3) is 0 Å². The number of halogens is 1. The van der Waals surface area contributed by atoms with E-state index in [9.17, 15) is 19.2 Å². The molecule has 0 saturated carbocycles. The zero-order valence-corrected chi connectivity index (χ0v) is 18.1. The van der Waals surface area contributed by atoms with E-state index in [1.807, 2.05) is 0 Å². The number of carboxylic acids is 2. The van der Waals surface area contributed by atoms with Crippen LogP contribution in [0, 0.1) is 0 Å². The number of carbonyl (C=O) groups is 3. The monoisotopic (exact) mass is 481 g/mol. The van der Waals surface area contributed by atoms with E-state index in [-0.39, 0.29) is 48.4 Å². The number of hydrogen-bond acceptors (Lipinski definition) is 9. The number of hydrogen-bond donors (Lipinski definition) is 8. The molecule has 2 atom stereocenters. The van der Waals surface area contributed by atoms with E-state index in [1.54, 1.807) is 12.1 Å². The second-order valence-electron chi connectivity index (χ2n) is 7.15. The maximum atomic E-state index is 12.3. The quantitative estimate of drug-likeness (QED) is 0.241. The molecule has 1 amide bonds. The lowest BCUT2D eigenvalue weighted by Crippen LogP contribution is -2.41. The van der Waals surface area contributed by atoms with Crippen molar-refractivity contribution in [1.82, 2.24) is 15.3 Å². The minimum atomic E-state index is -1.30. The second-order valence-corrected chi connectivity index (χ2v) is 7.15. The molecule has 2 unspecified atom stereocenters. The van der Waals surface area contributed by atoms with Gasteiger partial charge in [-0.3, -0.25) is 19.4 Å². The minimum absolute atomic E-state index is 0. The largest absolute Gasteiger partial charge is 0.481 e. The average molecular weight is 482 g/mol. The van der Waals surface area contributed by atoms with Crippen molar-refractivity contribution in [3.63, 3.8) is 0 Å². The van der Waals surface area contributed by atoms with Crippen LogP contribution in [0.1, 0.15) is 23.2 Å². The zero-order valence-electron chi connectivity index (χ0n) is 17.3. The van der Waals surface area contributed by atoms with Crippen LogP contribution < -0.4 is 32.6 Å². The molecular formula is C19H24ClN7O6. The molecule has 2 aromatic rings. The van der Waals surface area contributed by atoms with Crippen LogP contribution in [0.4, 0.5) is 23.1 Å². The number of nitrogens with zero attached hydrogens (tertiary/aromatic N) is 1. The molecule has 0 fully saturated rings. The summed E-state index contributed by atoms with van der Waals surface area (Å²) in [6.45, 7) is 0.960. The molecule has 0 saturated heterocycles. The summed E-state index contributed by atoms with van der Waals surface area (Å²) in [4.78, 5) is 52.6. The Morgan fingerprint density at radius 2 is 1.91 bits per heavy atom. The summed E-state index contributed by atoms with van der Waals surface area (Å²) in [5, 5.41) is 29.5. The Bertz CT molecular complexity index is 1080. The van der Waals surface area contributed by atoms with E-state index < -0.39 is 23.9 Å². The van der Waals surface area contributed by atoms with Gasteiger partial charge in [0.05, 0.1) is 6.04 Å². The average Bonchev–Trinajstić information content (AvgIpc) is 2.75. The van der Waals surface area contributed by atoms with Crippen LogP contribution in [0.5, 0.6) is 0 Å². The number of amides is 1. The molecular weight excluding hydrogens is 458 g/mol. The van der Waals surface area contributed by atoms with Crippen molar-refractivity contribution in [2.45, 2.75) is 24.9 Å². The van der Waals surface area contributed by atoms with Crippen LogP contribution in [-0.4, -0.2) is 63.2 Å². The predicted molar refractivity (Wildman–Crippen MR) is 123 cm³/mol. The third-order valence-corrected chi connectivity index (χ3v) is 4.75. The third-order valence-electron chi connectivity index (χ3n) is 4.75. The van der Waals surface area contributed by atoms with Crippen molar-refractivity contribution in [2.24, 2.45) is 0 Å². The van der Waals surface area contributed by atoms with Crippen LogP contribution in [0.3, 0.4) is 0 Å². The number of H-pyrrole nitrogens is 1. The molecule has 2 heterocycles. The highest BCUT2D eigenvalue weighted by Gasteiger charge is 2.23. The molecule has 1 aliphatic rings. The van der Waals surface area contributed by atoms with Crippen molar-refractivity contribution >= 4 is 53.4 Å². The summed E-state index contributed by atoms with van der Waals surface area (Å²) in [6, 6.07) is 4.93. The molecule has 1 aromatic carbocycles. The summed E-state index contributed by atoms with van der Waals surface area (Å²) in [6.07, 6.45) is -0.587. The maximum absolute atomic E-state index is 12.3. The number of aliphatic carboxylic acids is 2. The van der Waals surface area contributed by atoms with E-state index >= 15 is 0 Å². The fraction of sp³-hybridized carbons (Fsp3) is 0.316. The van der Waals surface area contributed by atoms with Crippen molar-refractivity contribution in [3.05, 3.63) is 40.2 Å². The van der Waals surface area contributed by atoms with Crippen molar-refractivity contribution < 1.29 is 24.6 Å². The van der Waals surface area contributed by atoms with E-state index in [4.69, 9.17) is 15.9 Å². The molecule has 3 rings (SSSR count). The van der Waals surface area contributed by atoms with Crippen molar-refractivity contribution in [3.8, 4) is 0 Å². The molecule has 178 valence electrons. The van der Waals surface area contributed by atoms with Gasteiger partial charge >= 0.3 is 11.9 Å². The lowest BCUT2D eigenvalue weighted by molar-refractivity contribution is -0.140. The normalized spacial score (nSPS) is 15.0. The number of fused-ring (bicyclic) bond motifs is 1. The summed E-state index contributed by atoms with van der Waals surface area (Å²) in [7, 11) is 0. The molecule has 9 N–H and O–H groups in total. The highest BCUT2D eigenvalue weighted by atomic mass is 35.5. The first-order valence-electron chi connectivity index (χ1n) is 9.72. The van der Waals surface area contributed by atoms with Crippen LogP contribution in [-0.2, 0) is 9.59 Å². The van der Waals surface area contributed by atoms with E-state index in [1.165, 1.54) is 12.1 Å². The number of rotatable bonds is 9. The Morgan fingerprint density at radius 1 is 1.21 bits per heavy atom. The number of nitrogen functional groups attached to an aromatic ring is 1. The van der Waals surface area contributed by atoms with Gasteiger partial charge in [0.1, 0.15) is 11.7 Å². The van der Waals surface area contributed by atoms with Gasteiger partial charge in [0.15, 0.2) is 5.82 Å². The lowest BCUT2D eigenvalue weighted by atomic mass is 10.1. The van der Waals surface area contributed by atoms with Gasteiger partial charge in [-0.15, -0.1) is 12.4 Å². The lowest BCUT2D eigenvalue weighted by Gasteiger charge is -2.27. The topological polar surface area (TPSA) is 212 Å². The first kappa shape index (κ1) is 25.3. The van der Waals surface area contributed by atoms with Crippen LogP contribution in [0.15, 0.2) is 29.1 Å². The molecule has 0 radical (unpaired) electrons. The number of benzene rings is 1. The zero-order chi connectivity index (χ0) is 23.3. The number of nitrogens with one attached hydrogen (secondary N) is 5. The third kappa shape index (κ3) is 6.74. The maximum Gasteiger partial charge on any atom is 0.326 e. The van der Waals surface area contributed by atoms with Gasteiger partial charge in [-0.05, 0) is 30.7 Å². The van der Waals surface area contributed by atoms with E-state index in [2.05, 4.69) is 31.2 Å². The smallest absolute Gasteiger partial charge is 0.326 e. The minimum Gasteiger partial charge on any atom is -0.481 e. The van der Waals surface area contributed by atoms with Gasteiger partial charge in [0.25, 0.3) is 11.5 Å². The molecule has 1 aromatic heterocycles. The summed E-state index contributed by atoms with van der Waals surface area (Å²) in [5.41, 5.74) is 6.40. The number of nitrogens with two attached hydrogens (primary N) is 1. The van der Waals surface area contributed by atoms with Crippen LogP contribution >= 0.6 is 12.4 Å². The highest BCUT2D eigenvalue weighted by molar-refractivity contribution is 5.97. The first-order valence-corrected chi connectivity index (χ1v) is 9.72. The Morgan fingerprint density at radius 3 is 2.55 bits per heavy atom. The Labute approximate surface area is 193 Å². The van der Waals surface area contributed by atoms with Crippen molar-refractivity contribution in [2.75, 3.05) is 34.8 Å². The Balaban J connectivity index is 0.00000385. The highest BCUT2D eigenvalue weighted by Crippen LogP contribution is 2.20. The summed E-state index contributed by atoms with van der Waals surface area (Å²) in [5.74, 6) is -2.64. The number of anilines is 4. The number of aromatic nitrogens is 2. The molecule has 14 heteroatoms. The number of carbonyl (C=O) groups excluding carboxylic acids is 1. The summed E-state index contributed by atoms with van der Waals surface area (Å²) < 4.78 is 0. The first-order chi connectivity index (χ1) is 15.2. The van der Waals surface area contributed by atoms with E-state index in [0.717, 1.165) is 0 Å². The predicted octanol–water partition coefficient (Wildman–Crippen LogP) is 0.140. The van der Waals surface area contributed by atoms with E-state index in [0.29, 0.717) is 30.3 Å². The molecule has 13 nitrogen and oxygen atoms in total. The van der Waals surface area contributed by atoms with Crippen molar-refractivity contribution in [1.29, 1.82) is 0 Å². The summed E-state index contributed by atoms with van der Waals surface area (Å²) >= 11 is 0. The molecule has 0 aliphatic carbocycles. The molecule has 1 aliphatic heterocycles. The van der Waals surface area contributed by atoms with Gasteiger partial charge in [-0.1, -0.05) is 0 Å². The SMILES string of the molecule is Cl.Nc1nc2c(c(=O)[nH]1)NC(CNc1ccc(C(=O)NC(CCC(=O)O)C(=O)O)cc1)CN2. The van der Waals surface area contributed by atoms with Gasteiger partial charge in [0.2, 0.25) is 5.95 Å². The Hall–Kier alpha value is -4.00. The molecule has 0 spiro atoms. The molecule has 33 heavy (non-hydrogen) atoms. The number of aromatic amines is 1. The fourth-order valence-electron chi connectivity index (χ4n) is 3.10. The Kier molecular flexibility index (Phi) is 8.45. The second kappa shape index (κ2) is 11.0. The van der Waals surface area contributed by atoms with Gasteiger partial charge < -0.3 is 37.2 Å².